The van der Waals surface area contributed by atoms with Gasteiger partial charge in [0.25, 0.3) is 5.91 Å². The summed E-state index contributed by atoms with van der Waals surface area (Å²) in [6.45, 7) is 5.84. The molecule has 1 aliphatic heterocycles. The van der Waals surface area contributed by atoms with Crippen LogP contribution in [0.2, 0.25) is 0 Å². The van der Waals surface area contributed by atoms with Gasteiger partial charge in [0.1, 0.15) is 0 Å². The second kappa shape index (κ2) is 8.95. The normalized spacial score (nSPS) is 14.4. The van der Waals surface area contributed by atoms with Gasteiger partial charge in [-0.3, -0.25) is 4.79 Å². The number of hydrogen-bond acceptors (Lipinski definition) is 5. The molecule has 1 aromatic heterocycles. The van der Waals surface area contributed by atoms with Crippen LogP contribution in [0.3, 0.4) is 0 Å². The van der Waals surface area contributed by atoms with E-state index in [1.165, 1.54) is 11.1 Å². The minimum atomic E-state index is -0.0437. The zero-order chi connectivity index (χ0) is 20.9. The summed E-state index contributed by atoms with van der Waals surface area (Å²) in [5.74, 6) is 0.711. The van der Waals surface area contributed by atoms with E-state index in [1.54, 1.807) is 12.4 Å². The number of benzene rings is 2. The van der Waals surface area contributed by atoms with Crippen molar-refractivity contribution in [2.24, 2.45) is 0 Å². The van der Waals surface area contributed by atoms with Gasteiger partial charge >= 0.3 is 0 Å². The fourth-order valence-electron chi connectivity index (χ4n) is 3.76. The van der Waals surface area contributed by atoms with Gasteiger partial charge in [-0.05, 0) is 62.1 Å². The van der Waals surface area contributed by atoms with Crippen LogP contribution in [0.15, 0.2) is 60.9 Å². The topological polar surface area (TPSA) is 70.2 Å². The smallest absolute Gasteiger partial charge is 0.253 e. The first-order valence-electron chi connectivity index (χ1n) is 10.4. The van der Waals surface area contributed by atoms with Gasteiger partial charge in [-0.1, -0.05) is 24.3 Å². The molecule has 1 saturated heterocycles. The molecule has 6 heteroatoms. The third-order valence-corrected chi connectivity index (χ3v) is 5.71. The Bertz CT molecular complexity index is 1010. The predicted octanol–water partition coefficient (Wildman–Crippen LogP) is 4.24. The van der Waals surface area contributed by atoms with Gasteiger partial charge in [0.2, 0.25) is 5.95 Å². The van der Waals surface area contributed by atoms with E-state index in [4.69, 9.17) is 0 Å². The van der Waals surface area contributed by atoms with Crippen molar-refractivity contribution in [2.45, 2.75) is 32.7 Å². The fourth-order valence-corrected chi connectivity index (χ4v) is 3.76. The average Bonchev–Trinajstić information content (AvgIpc) is 2.78. The minimum Gasteiger partial charge on any atom is -0.355 e. The Hall–Kier alpha value is -3.41. The summed E-state index contributed by atoms with van der Waals surface area (Å²) in [6.07, 6.45) is 5.26. The number of piperidine rings is 1. The molecule has 2 heterocycles. The summed E-state index contributed by atoms with van der Waals surface area (Å²) >= 11 is 0. The molecule has 0 saturated carbocycles. The van der Waals surface area contributed by atoms with Crippen LogP contribution in [0.4, 0.5) is 17.3 Å². The highest BCUT2D eigenvalue weighted by molar-refractivity contribution is 6.00. The van der Waals surface area contributed by atoms with Crippen LogP contribution in [-0.4, -0.2) is 35.0 Å². The van der Waals surface area contributed by atoms with Crippen molar-refractivity contribution in [1.82, 2.24) is 15.3 Å². The van der Waals surface area contributed by atoms with E-state index in [0.717, 1.165) is 43.3 Å². The van der Waals surface area contributed by atoms with Crippen molar-refractivity contribution in [3.05, 3.63) is 77.6 Å². The Morgan fingerprint density at radius 3 is 2.40 bits per heavy atom. The summed E-state index contributed by atoms with van der Waals surface area (Å²) in [7, 11) is 0. The fraction of sp³-hybridized carbons (Fsp3) is 0.292. The van der Waals surface area contributed by atoms with Gasteiger partial charge in [0.05, 0.1) is 11.3 Å². The molecule has 0 spiro atoms. The Kier molecular flexibility index (Phi) is 5.93. The zero-order valence-electron chi connectivity index (χ0n) is 17.4. The van der Waals surface area contributed by atoms with Gasteiger partial charge in [-0.25, -0.2) is 9.97 Å². The standard InChI is InChI=1S/C24H27N5O/c1-17-7-5-10-21(18(17)2)28-22-9-4-3-8-20(22)23(30)27-19-11-15-29(16-12-19)24-25-13-6-14-26-24/h3-10,13-14,19,28H,11-12,15-16H2,1-2H3,(H,27,30). The van der Waals surface area contributed by atoms with Crippen LogP contribution in [0.1, 0.15) is 34.3 Å². The van der Waals surface area contributed by atoms with Gasteiger partial charge < -0.3 is 15.5 Å². The molecule has 30 heavy (non-hydrogen) atoms. The number of aromatic nitrogens is 2. The van der Waals surface area contributed by atoms with E-state index in [1.807, 2.05) is 42.5 Å². The largest absolute Gasteiger partial charge is 0.355 e. The van der Waals surface area contributed by atoms with E-state index in [2.05, 4.69) is 45.4 Å². The van der Waals surface area contributed by atoms with E-state index >= 15 is 0 Å². The van der Waals surface area contributed by atoms with Crippen LogP contribution in [0.25, 0.3) is 0 Å². The number of nitrogens with zero attached hydrogens (tertiary/aromatic N) is 3. The van der Waals surface area contributed by atoms with E-state index in [9.17, 15) is 4.79 Å². The molecule has 0 bridgehead atoms. The number of aryl methyl sites for hydroxylation is 1. The second-order valence-electron chi connectivity index (χ2n) is 7.70. The summed E-state index contributed by atoms with van der Waals surface area (Å²) in [5, 5.41) is 6.66. The third-order valence-electron chi connectivity index (χ3n) is 5.71. The van der Waals surface area contributed by atoms with Crippen LogP contribution < -0.4 is 15.5 Å². The summed E-state index contributed by atoms with van der Waals surface area (Å²) in [6, 6.07) is 15.8. The van der Waals surface area contributed by atoms with Crippen LogP contribution in [0.5, 0.6) is 0 Å². The van der Waals surface area contributed by atoms with Crippen molar-refractivity contribution in [1.29, 1.82) is 0 Å². The SMILES string of the molecule is Cc1cccc(Nc2ccccc2C(=O)NC2CCN(c3ncccn3)CC2)c1C. The molecular weight excluding hydrogens is 374 g/mol. The number of amides is 1. The first kappa shape index (κ1) is 19.9. The maximum Gasteiger partial charge on any atom is 0.253 e. The molecule has 1 fully saturated rings. The van der Waals surface area contributed by atoms with Gasteiger partial charge in [-0.2, -0.15) is 0 Å². The Balaban J connectivity index is 1.41. The molecule has 3 aromatic rings. The van der Waals surface area contributed by atoms with Crippen LogP contribution in [0, 0.1) is 13.8 Å². The number of para-hydroxylation sites is 1. The molecule has 0 unspecified atom stereocenters. The van der Waals surface area contributed by atoms with E-state index < -0.39 is 0 Å². The lowest BCUT2D eigenvalue weighted by molar-refractivity contribution is 0.0932. The highest BCUT2D eigenvalue weighted by atomic mass is 16.1. The Morgan fingerprint density at radius 2 is 1.63 bits per heavy atom. The van der Waals surface area contributed by atoms with E-state index in [-0.39, 0.29) is 11.9 Å². The lowest BCUT2D eigenvalue weighted by Crippen LogP contribution is -2.45. The Morgan fingerprint density at radius 1 is 0.933 bits per heavy atom. The third kappa shape index (κ3) is 4.43. The predicted molar refractivity (Wildman–Crippen MR) is 120 cm³/mol. The molecule has 6 nitrogen and oxygen atoms in total. The Labute approximate surface area is 177 Å². The molecule has 0 radical (unpaired) electrons. The summed E-state index contributed by atoms with van der Waals surface area (Å²) in [5.41, 5.74) is 4.90. The molecule has 2 aromatic carbocycles. The monoisotopic (exact) mass is 401 g/mol. The highest BCUT2D eigenvalue weighted by Crippen LogP contribution is 2.25. The maximum absolute atomic E-state index is 13.0. The number of nitrogens with one attached hydrogen (secondary N) is 2. The first-order chi connectivity index (χ1) is 14.6. The second-order valence-corrected chi connectivity index (χ2v) is 7.70. The molecular formula is C24H27N5O. The number of carbonyl (C=O) groups excluding carboxylic acids is 1. The molecule has 1 amide bonds. The van der Waals surface area contributed by atoms with Crippen LogP contribution >= 0.6 is 0 Å². The van der Waals surface area contributed by atoms with Crippen molar-refractivity contribution >= 4 is 23.2 Å². The van der Waals surface area contributed by atoms with Crippen molar-refractivity contribution in [3.63, 3.8) is 0 Å². The lowest BCUT2D eigenvalue weighted by Gasteiger charge is -2.32. The van der Waals surface area contributed by atoms with Crippen molar-refractivity contribution < 1.29 is 4.79 Å². The summed E-state index contributed by atoms with van der Waals surface area (Å²) < 4.78 is 0. The number of anilines is 3. The first-order valence-corrected chi connectivity index (χ1v) is 10.4. The molecule has 4 rings (SSSR count). The number of rotatable bonds is 5. The van der Waals surface area contributed by atoms with Gasteiger partial charge in [-0.15, -0.1) is 0 Å². The highest BCUT2D eigenvalue weighted by Gasteiger charge is 2.23. The minimum absolute atomic E-state index is 0.0437. The van der Waals surface area contributed by atoms with Crippen molar-refractivity contribution in [2.75, 3.05) is 23.3 Å². The van der Waals surface area contributed by atoms with Crippen molar-refractivity contribution in [3.8, 4) is 0 Å². The van der Waals surface area contributed by atoms with Crippen LogP contribution in [-0.2, 0) is 0 Å². The quantitative estimate of drug-likeness (QED) is 0.669. The maximum atomic E-state index is 13.0. The average molecular weight is 402 g/mol. The molecule has 154 valence electrons. The number of carbonyl (C=O) groups is 1. The molecule has 2 N–H and O–H groups in total. The summed E-state index contributed by atoms with van der Waals surface area (Å²) in [4.78, 5) is 23.8. The molecule has 1 aliphatic rings. The lowest BCUT2D eigenvalue weighted by atomic mass is 10.0. The van der Waals surface area contributed by atoms with E-state index in [0.29, 0.717) is 5.56 Å². The van der Waals surface area contributed by atoms with Gasteiger partial charge in [0, 0.05) is 37.2 Å². The molecule has 0 atom stereocenters. The molecule has 0 aliphatic carbocycles. The number of hydrogen-bond donors (Lipinski definition) is 2. The zero-order valence-corrected chi connectivity index (χ0v) is 17.4. The van der Waals surface area contributed by atoms with Gasteiger partial charge in [0.15, 0.2) is 0 Å².